The topological polar surface area (TPSA) is 46.5 Å². The van der Waals surface area contributed by atoms with E-state index in [1.807, 2.05) is 32.0 Å². The lowest BCUT2D eigenvalue weighted by molar-refractivity contribution is -0.0268. The van der Waals surface area contributed by atoms with Gasteiger partial charge in [-0.05, 0) is 31.7 Å². The van der Waals surface area contributed by atoms with E-state index in [2.05, 4.69) is 0 Å². The van der Waals surface area contributed by atoms with E-state index in [1.165, 1.54) is 0 Å². The summed E-state index contributed by atoms with van der Waals surface area (Å²) >= 11 is 0. The Balaban J connectivity index is 2.18. The second-order valence-electron chi connectivity index (χ2n) is 5.86. The molecule has 0 radical (unpaired) electrons. The molecule has 1 aromatic carbocycles. The minimum Gasteiger partial charge on any atom is -0.490 e. The van der Waals surface area contributed by atoms with Crippen molar-refractivity contribution in [3.05, 3.63) is 29.3 Å². The Hall–Kier alpha value is -1.35. The molecule has 1 aliphatic rings. The van der Waals surface area contributed by atoms with Crippen LogP contribution in [-0.2, 0) is 6.42 Å². The fourth-order valence-corrected chi connectivity index (χ4v) is 2.17. The zero-order valence-electron chi connectivity index (χ0n) is 11.9. The van der Waals surface area contributed by atoms with Crippen molar-refractivity contribution in [2.24, 2.45) is 5.92 Å². The SMILES string of the molecule is CC(C)C(C)(O)COc1cccc2c1CCCC2=O. The van der Waals surface area contributed by atoms with Crippen LogP contribution in [0, 0.1) is 5.92 Å². The summed E-state index contributed by atoms with van der Waals surface area (Å²) in [6.07, 6.45) is 2.38. The summed E-state index contributed by atoms with van der Waals surface area (Å²) in [4.78, 5) is 11.8. The molecule has 0 bridgehead atoms. The highest BCUT2D eigenvalue weighted by molar-refractivity contribution is 5.99. The van der Waals surface area contributed by atoms with E-state index in [0.29, 0.717) is 6.42 Å². The summed E-state index contributed by atoms with van der Waals surface area (Å²) in [5, 5.41) is 10.2. The van der Waals surface area contributed by atoms with Crippen LogP contribution < -0.4 is 4.74 Å². The third kappa shape index (κ3) is 2.98. The molecule has 0 amide bonds. The molecular formula is C16H22O3. The van der Waals surface area contributed by atoms with E-state index in [0.717, 1.165) is 29.7 Å². The lowest BCUT2D eigenvalue weighted by Crippen LogP contribution is -2.38. The maximum absolute atomic E-state index is 11.8. The average molecular weight is 262 g/mol. The zero-order chi connectivity index (χ0) is 14.0. The van der Waals surface area contributed by atoms with Gasteiger partial charge in [0.25, 0.3) is 0 Å². The highest BCUT2D eigenvalue weighted by atomic mass is 16.5. The predicted octanol–water partition coefficient (Wildman–Crippen LogP) is 2.99. The van der Waals surface area contributed by atoms with Crippen LogP contribution in [0.4, 0.5) is 0 Å². The van der Waals surface area contributed by atoms with E-state index >= 15 is 0 Å². The molecule has 0 aromatic heterocycles. The summed E-state index contributed by atoms with van der Waals surface area (Å²) in [5.74, 6) is 1.06. The quantitative estimate of drug-likeness (QED) is 0.907. The number of ketones is 1. The smallest absolute Gasteiger partial charge is 0.163 e. The van der Waals surface area contributed by atoms with Gasteiger partial charge in [-0.1, -0.05) is 26.0 Å². The molecule has 0 saturated carbocycles. The molecule has 0 saturated heterocycles. The fourth-order valence-electron chi connectivity index (χ4n) is 2.17. The summed E-state index contributed by atoms with van der Waals surface area (Å²) in [7, 11) is 0. The van der Waals surface area contributed by atoms with Gasteiger partial charge in [-0.15, -0.1) is 0 Å². The van der Waals surface area contributed by atoms with Crippen molar-refractivity contribution >= 4 is 5.78 Å². The van der Waals surface area contributed by atoms with Crippen molar-refractivity contribution in [3.63, 3.8) is 0 Å². The maximum atomic E-state index is 11.8. The third-order valence-corrected chi connectivity index (χ3v) is 4.03. The van der Waals surface area contributed by atoms with Gasteiger partial charge in [0.1, 0.15) is 12.4 Å². The number of fused-ring (bicyclic) bond motifs is 1. The molecule has 0 spiro atoms. The summed E-state index contributed by atoms with van der Waals surface area (Å²) in [6, 6.07) is 5.60. The molecule has 1 atom stereocenters. The highest BCUT2D eigenvalue weighted by Gasteiger charge is 2.27. The number of benzene rings is 1. The van der Waals surface area contributed by atoms with Crippen molar-refractivity contribution in [3.8, 4) is 5.75 Å². The van der Waals surface area contributed by atoms with E-state index in [-0.39, 0.29) is 18.3 Å². The van der Waals surface area contributed by atoms with Crippen molar-refractivity contribution in [2.45, 2.75) is 45.6 Å². The van der Waals surface area contributed by atoms with Gasteiger partial charge >= 0.3 is 0 Å². The van der Waals surface area contributed by atoms with Crippen LogP contribution >= 0.6 is 0 Å². The molecule has 0 fully saturated rings. The molecule has 1 unspecified atom stereocenters. The van der Waals surface area contributed by atoms with Gasteiger partial charge in [0.15, 0.2) is 5.78 Å². The molecule has 0 aliphatic heterocycles. The standard InChI is InChI=1S/C16H22O3/c1-11(2)16(3,18)10-19-15-9-5-6-12-13(15)7-4-8-14(12)17/h5-6,9,11,18H,4,7-8,10H2,1-3H3. The molecule has 19 heavy (non-hydrogen) atoms. The normalized spacial score (nSPS) is 18.1. The number of carbonyl (C=O) groups is 1. The minimum absolute atomic E-state index is 0.119. The molecule has 3 nitrogen and oxygen atoms in total. The molecule has 2 rings (SSSR count). The Kier molecular flexibility index (Phi) is 3.95. The summed E-state index contributed by atoms with van der Waals surface area (Å²) in [5.41, 5.74) is 0.924. The number of aliphatic hydroxyl groups is 1. The second kappa shape index (κ2) is 5.33. The van der Waals surface area contributed by atoms with Crippen LogP contribution in [-0.4, -0.2) is 23.1 Å². The third-order valence-electron chi connectivity index (χ3n) is 4.03. The molecule has 3 heteroatoms. The van der Waals surface area contributed by atoms with Crippen molar-refractivity contribution in [1.29, 1.82) is 0 Å². The van der Waals surface area contributed by atoms with E-state index in [4.69, 9.17) is 4.74 Å². The Morgan fingerprint density at radius 3 is 2.79 bits per heavy atom. The van der Waals surface area contributed by atoms with Crippen molar-refractivity contribution in [1.82, 2.24) is 0 Å². The lowest BCUT2D eigenvalue weighted by Gasteiger charge is -2.28. The number of hydrogen-bond donors (Lipinski definition) is 1. The number of Topliss-reactive ketones (excluding diaryl/α,β-unsaturated/α-hetero) is 1. The van der Waals surface area contributed by atoms with E-state index in [9.17, 15) is 9.90 Å². The van der Waals surface area contributed by atoms with Gasteiger partial charge in [0, 0.05) is 17.5 Å². The van der Waals surface area contributed by atoms with Crippen LogP contribution in [0.2, 0.25) is 0 Å². The number of hydrogen-bond acceptors (Lipinski definition) is 3. The maximum Gasteiger partial charge on any atom is 0.163 e. The first-order chi connectivity index (χ1) is 8.92. The number of ether oxygens (including phenoxy) is 1. The Morgan fingerprint density at radius 1 is 1.37 bits per heavy atom. The van der Waals surface area contributed by atoms with Gasteiger partial charge < -0.3 is 9.84 Å². The molecule has 1 N–H and O–H groups in total. The molecule has 0 heterocycles. The first-order valence-corrected chi connectivity index (χ1v) is 6.92. The van der Waals surface area contributed by atoms with Crippen LogP contribution in [0.3, 0.4) is 0 Å². The summed E-state index contributed by atoms with van der Waals surface area (Å²) < 4.78 is 5.78. The van der Waals surface area contributed by atoms with Crippen LogP contribution in [0.15, 0.2) is 18.2 Å². The molecule has 104 valence electrons. The van der Waals surface area contributed by atoms with Gasteiger partial charge in [-0.3, -0.25) is 4.79 Å². The molecule has 1 aromatic rings. The Bertz CT molecular complexity index is 475. The average Bonchev–Trinajstić information content (AvgIpc) is 2.37. The number of rotatable bonds is 4. The van der Waals surface area contributed by atoms with E-state index < -0.39 is 5.60 Å². The Labute approximate surface area is 114 Å². The summed E-state index contributed by atoms with van der Waals surface area (Å²) in [6.45, 7) is 5.95. The fraction of sp³-hybridized carbons (Fsp3) is 0.562. The van der Waals surface area contributed by atoms with Crippen molar-refractivity contribution in [2.75, 3.05) is 6.61 Å². The predicted molar refractivity (Wildman–Crippen MR) is 74.7 cm³/mol. The van der Waals surface area contributed by atoms with Crippen molar-refractivity contribution < 1.29 is 14.6 Å². The van der Waals surface area contributed by atoms with E-state index in [1.54, 1.807) is 6.92 Å². The second-order valence-corrected chi connectivity index (χ2v) is 5.86. The van der Waals surface area contributed by atoms with Gasteiger partial charge in [0.05, 0.1) is 5.60 Å². The van der Waals surface area contributed by atoms with Crippen LogP contribution in [0.1, 0.15) is 49.5 Å². The van der Waals surface area contributed by atoms with Gasteiger partial charge in [-0.2, -0.15) is 0 Å². The number of carbonyl (C=O) groups excluding carboxylic acids is 1. The van der Waals surface area contributed by atoms with Crippen LogP contribution in [0.25, 0.3) is 0 Å². The first-order valence-electron chi connectivity index (χ1n) is 6.92. The highest BCUT2D eigenvalue weighted by Crippen LogP contribution is 2.30. The zero-order valence-corrected chi connectivity index (χ0v) is 11.9. The molecular weight excluding hydrogens is 240 g/mol. The first kappa shape index (κ1) is 14.1. The van der Waals surface area contributed by atoms with Crippen LogP contribution in [0.5, 0.6) is 5.75 Å². The monoisotopic (exact) mass is 262 g/mol. The largest absolute Gasteiger partial charge is 0.490 e. The molecule has 1 aliphatic carbocycles. The lowest BCUT2D eigenvalue weighted by atomic mass is 9.90. The minimum atomic E-state index is -0.860. The Morgan fingerprint density at radius 2 is 2.11 bits per heavy atom. The van der Waals surface area contributed by atoms with Gasteiger partial charge in [-0.25, -0.2) is 0 Å². The van der Waals surface area contributed by atoms with Gasteiger partial charge in [0.2, 0.25) is 0 Å².